The fourth-order valence-electron chi connectivity index (χ4n) is 8.27. The molecule has 1 aliphatic carbocycles. The van der Waals surface area contributed by atoms with E-state index in [0.29, 0.717) is 0 Å². The normalized spacial score (nSPS) is 13.5. The molecule has 1 aliphatic rings. The van der Waals surface area contributed by atoms with Gasteiger partial charge in [-0.1, -0.05) is 117 Å². The maximum atomic E-state index is 2.43. The fourth-order valence-corrected chi connectivity index (χ4v) is 8.27. The Morgan fingerprint density at radius 1 is 0.362 bits per heavy atom. The second-order valence-corrected chi connectivity index (χ2v) is 13.4. The molecule has 2 heteroatoms. The highest BCUT2D eigenvalue weighted by atomic mass is 15.0. The lowest BCUT2D eigenvalue weighted by atomic mass is 9.81. The number of benzene rings is 7. The average molecular weight is 601 g/mol. The molecule has 0 bridgehead atoms. The Morgan fingerprint density at radius 3 is 1.74 bits per heavy atom. The first kappa shape index (κ1) is 26.4. The Morgan fingerprint density at radius 2 is 0.936 bits per heavy atom. The van der Waals surface area contributed by atoms with E-state index in [1.165, 1.54) is 82.7 Å². The second-order valence-electron chi connectivity index (χ2n) is 13.4. The van der Waals surface area contributed by atoms with Crippen molar-refractivity contribution in [1.82, 2.24) is 9.13 Å². The molecule has 0 aliphatic heterocycles. The lowest BCUT2D eigenvalue weighted by Gasteiger charge is -2.22. The minimum Gasteiger partial charge on any atom is -0.309 e. The summed E-state index contributed by atoms with van der Waals surface area (Å²) in [5.41, 5.74) is 15.2. The van der Waals surface area contributed by atoms with Crippen molar-refractivity contribution in [1.29, 1.82) is 0 Å². The van der Waals surface area contributed by atoms with Crippen molar-refractivity contribution in [3.63, 3.8) is 0 Å². The predicted molar refractivity (Wildman–Crippen MR) is 198 cm³/mol. The highest BCUT2D eigenvalue weighted by Gasteiger charge is 2.35. The van der Waals surface area contributed by atoms with Gasteiger partial charge in [-0.05, 0) is 88.0 Å². The molecule has 222 valence electrons. The van der Waals surface area contributed by atoms with Crippen LogP contribution >= 0.6 is 0 Å². The zero-order valence-corrected chi connectivity index (χ0v) is 26.4. The lowest BCUT2D eigenvalue weighted by Crippen LogP contribution is -2.14. The van der Waals surface area contributed by atoms with E-state index in [1.54, 1.807) is 0 Å². The smallest absolute Gasteiger partial charge is 0.0561 e. The molecule has 0 fully saturated rings. The Kier molecular flexibility index (Phi) is 5.37. The fraction of sp³-hybridized carbons (Fsp3) is 0.0667. The molecule has 7 aromatic carbocycles. The number of fused-ring (bicyclic) bond motifs is 9. The lowest BCUT2D eigenvalue weighted by molar-refractivity contribution is 0.660. The van der Waals surface area contributed by atoms with Crippen LogP contribution in [0.15, 0.2) is 158 Å². The van der Waals surface area contributed by atoms with Crippen LogP contribution in [0.4, 0.5) is 0 Å². The molecule has 10 rings (SSSR count). The zero-order chi connectivity index (χ0) is 31.3. The third-order valence-electron chi connectivity index (χ3n) is 10.5. The largest absolute Gasteiger partial charge is 0.309 e. The molecular weight excluding hydrogens is 569 g/mol. The van der Waals surface area contributed by atoms with Crippen LogP contribution in [0.1, 0.15) is 25.0 Å². The number of hydrogen-bond acceptors (Lipinski definition) is 0. The van der Waals surface area contributed by atoms with Crippen molar-refractivity contribution >= 4 is 43.6 Å². The number of aromatic nitrogens is 2. The molecule has 2 heterocycles. The molecule has 0 atom stereocenters. The van der Waals surface area contributed by atoms with Crippen LogP contribution in [-0.4, -0.2) is 9.13 Å². The minimum absolute atomic E-state index is 0.0249. The van der Waals surface area contributed by atoms with Gasteiger partial charge < -0.3 is 9.13 Å². The summed E-state index contributed by atoms with van der Waals surface area (Å²) in [5, 5.41) is 5.06. The standard InChI is InChI=1S/C45H32N2/c1-45(2)39-17-9-6-14-33(39)34-23-20-30(27-40(34)45)29-21-25-43-38(26-29)36-16-8-11-19-42(36)47(43)32-22-24-37-35-15-7-10-18-41(35)46(44(37)28-32)31-12-4-3-5-13-31/h3-28H,1-2H3. The summed E-state index contributed by atoms with van der Waals surface area (Å²) in [7, 11) is 0. The van der Waals surface area contributed by atoms with Gasteiger partial charge in [0.15, 0.2) is 0 Å². The van der Waals surface area contributed by atoms with E-state index in [0.717, 1.165) is 5.69 Å². The summed E-state index contributed by atoms with van der Waals surface area (Å²) >= 11 is 0. The van der Waals surface area contributed by atoms with Crippen molar-refractivity contribution in [2.24, 2.45) is 0 Å². The van der Waals surface area contributed by atoms with Crippen molar-refractivity contribution < 1.29 is 0 Å². The van der Waals surface area contributed by atoms with Gasteiger partial charge in [0.05, 0.1) is 22.1 Å². The Labute approximate surface area is 273 Å². The molecule has 2 aromatic heterocycles. The van der Waals surface area contributed by atoms with Gasteiger partial charge in [0, 0.05) is 38.3 Å². The van der Waals surface area contributed by atoms with Gasteiger partial charge in [-0.25, -0.2) is 0 Å². The van der Waals surface area contributed by atoms with E-state index in [4.69, 9.17) is 0 Å². The van der Waals surface area contributed by atoms with E-state index >= 15 is 0 Å². The minimum atomic E-state index is -0.0249. The maximum absolute atomic E-state index is 2.43. The van der Waals surface area contributed by atoms with E-state index in [2.05, 4.69) is 181 Å². The van der Waals surface area contributed by atoms with Gasteiger partial charge in [-0.3, -0.25) is 0 Å². The van der Waals surface area contributed by atoms with Crippen molar-refractivity contribution in [2.45, 2.75) is 19.3 Å². The van der Waals surface area contributed by atoms with Gasteiger partial charge in [0.1, 0.15) is 0 Å². The highest BCUT2D eigenvalue weighted by molar-refractivity contribution is 6.12. The van der Waals surface area contributed by atoms with Crippen LogP contribution in [0.25, 0.3) is 77.2 Å². The summed E-state index contributed by atoms with van der Waals surface area (Å²) in [5.74, 6) is 0. The summed E-state index contributed by atoms with van der Waals surface area (Å²) in [4.78, 5) is 0. The van der Waals surface area contributed by atoms with Crippen LogP contribution in [0.2, 0.25) is 0 Å². The monoisotopic (exact) mass is 600 g/mol. The summed E-state index contributed by atoms with van der Waals surface area (Å²) < 4.78 is 4.83. The Bertz CT molecular complexity index is 2700. The van der Waals surface area contributed by atoms with E-state index in [1.807, 2.05) is 0 Å². The maximum Gasteiger partial charge on any atom is 0.0561 e. The molecule has 2 nitrogen and oxygen atoms in total. The van der Waals surface area contributed by atoms with Crippen LogP contribution in [0, 0.1) is 0 Å². The van der Waals surface area contributed by atoms with Gasteiger partial charge in [-0.2, -0.15) is 0 Å². The topological polar surface area (TPSA) is 9.86 Å². The molecule has 9 aromatic rings. The van der Waals surface area contributed by atoms with Crippen LogP contribution in [0.5, 0.6) is 0 Å². The second kappa shape index (κ2) is 9.57. The molecule has 0 radical (unpaired) electrons. The molecular formula is C45H32N2. The third-order valence-corrected chi connectivity index (χ3v) is 10.5. The van der Waals surface area contributed by atoms with Crippen LogP contribution in [0.3, 0.4) is 0 Å². The number of hydrogen-bond donors (Lipinski definition) is 0. The zero-order valence-electron chi connectivity index (χ0n) is 26.4. The molecule has 0 saturated heterocycles. The molecule has 0 saturated carbocycles. The van der Waals surface area contributed by atoms with Crippen LogP contribution in [-0.2, 0) is 5.41 Å². The van der Waals surface area contributed by atoms with E-state index < -0.39 is 0 Å². The quantitative estimate of drug-likeness (QED) is 0.191. The number of nitrogens with zero attached hydrogens (tertiary/aromatic N) is 2. The Hall–Kier alpha value is -5.86. The number of para-hydroxylation sites is 3. The van der Waals surface area contributed by atoms with Gasteiger partial charge in [0.25, 0.3) is 0 Å². The number of rotatable bonds is 3. The highest BCUT2D eigenvalue weighted by Crippen LogP contribution is 2.49. The van der Waals surface area contributed by atoms with Crippen molar-refractivity contribution in [2.75, 3.05) is 0 Å². The predicted octanol–water partition coefficient (Wildman–Crippen LogP) is 11.9. The molecule has 0 spiro atoms. The van der Waals surface area contributed by atoms with Crippen molar-refractivity contribution in [3.8, 4) is 33.6 Å². The Balaban J connectivity index is 1.17. The summed E-state index contributed by atoms with van der Waals surface area (Å²) in [6, 6.07) is 58.1. The van der Waals surface area contributed by atoms with E-state index in [-0.39, 0.29) is 5.41 Å². The first-order valence-corrected chi connectivity index (χ1v) is 16.4. The van der Waals surface area contributed by atoms with E-state index in [9.17, 15) is 0 Å². The van der Waals surface area contributed by atoms with Crippen molar-refractivity contribution in [3.05, 3.63) is 169 Å². The first-order valence-electron chi connectivity index (χ1n) is 16.4. The summed E-state index contributed by atoms with van der Waals surface area (Å²) in [6.45, 7) is 4.71. The van der Waals surface area contributed by atoms with Crippen LogP contribution < -0.4 is 0 Å². The molecule has 47 heavy (non-hydrogen) atoms. The molecule has 0 N–H and O–H groups in total. The summed E-state index contributed by atoms with van der Waals surface area (Å²) in [6.07, 6.45) is 0. The average Bonchev–Trinajstić information content (AvgIpc) is 3.71. The molecule has 0 unspecified atom stereocenters. The van der Waals surface area contributed by atoms with Gasteiger partial charge in [0.2, 0.25) is 0 Å². The molecule has 0 amide bonds. The van der Waals surface area contributed by atoms with Gasteiger partial charge in [-0.15, -0.1) is 0 Å². The SMILES string of the molecule is CC1(C)c2ccccc2-c2ccc(-c3ccc4c(c3)c3ccccc3n4-c3ccc4c5ccccc5n(-c5ccccc5)c4c3)cc21. The van der Waals surface area contributed by atoms with Gasteiger partial charge >= 0.3 is 0 Å². The third kappa shape index (κ3) is 3.67. The first-order chi connectivity index (χ1) is 23.1.